The number of likely N-dealkylation sites (tertiary alicyclic amines) is 1. The molecule has 3 aromatic heterocycles. The monoisotopic (exact) mass is 699 g/mol. The Kier molecular flexibility index (Phi) is 8.79. The van der Waals surface area contributed by atoms with Crippen LogP contribution in [0.2, 0.25) is 0 Å². The van der Waals surface area contributed by atoms with Gasteiger partial charge in [0, 0.05) is 36.3 Å². The first-order valence-corrected chi connectivity index (χ1v) is 16.3. The normalized spacial score (nSPS) is 17.4. The van der Waals surface area contributed by atoms with Crippen LogP contribution >= 0.6 is 0 Å². The van der Waals surface area contributed by atoms with E-state index in [0.29, 0.717) is 54.6 Å². The molecular formula is C37H33F4N7O3. The topological polar surface area (TPSA) is 128 Å². The molecule has 14 heteroatoms. The lowest BCUT2D eigenvalue weighted by atomic mass is 9.85. The van der Waals surface area contributed by atoms with Crippen LogP contribution < -0.4 is 11.1 Å². The molecule has 0 aliphatic carbocycles. The molecule has 51 heavy (non-hydrogen) atoms. The summed E-state index contributed by atoms with van der Waals surface area (Å²) < 4.78 is 60.4. The fourth-order valence-corrected chi connectivity index (χ4v) is 6.47. The number of hydrogen-bond donors (Lipinski definition) is 2. The molecular weight excluding hydrogens is 666 g/mol. The predicted octanol–water partition coefficient (Wildman–Crippen LogP) is 6.70. The number of carbonyl (C=O) groups is 2. The molecule has 2 aliphatic rings. The van der Waals surface area contributed by atoms with Gasteiger partial charge in [-0.3, -0.25) is 14.0 Å². The van der Waals surface area contributed by atoms with Gasteiger partial charge in [-0.25, -0.2) is 19.3 Å². The van der Waals surface area contributed by atoms with E-state index < -0.39 is 23.1 Å². The summed E-state index contributed by atoms with van der Waals surface area (Å²) >= 11 is 0. The quantitative estimate of drug-likeness (QED) is 0.181. The minimum absolute atomic E-state index is 0.0475. The largest absolute Gasteiger partial charge is 0.416 e. The van der Waals surface area contributed by atoms with E-state index in [1.807, 2.05) is 28.4 Å². The number of carbonyl (C=O) groups excluding carboxylic acids is 2. The maximum absolute atomic E-state index is 13.6. The number of amides is 2. The Morgan fingerprint density at radius 2 is 1.78 bits per heavy atom. The number of piperidine rings is 1. The Morgan fingerprint density at radius 1 is 1.04 bits per heavy atom. The summed E-state index contributed by atoms with van der Waals surface area (Å²) in [5, 5.41) is 2.42. The van der Waals surface area contributed by atoms with Crippen LogP contribution in [0.3, 0.4) is 0 Å². The average molecular weight is 700 g/mol. The summed E-state index contributed by atoms with van der Waals surface area (Å²) in [6, 6.07) is 14.1. The fraction of sp³-hybridized carbons (Fsp3) is 0.270. The highest BCUT2D eigenvalue weighted by Crippen LogP contribution is 2.37. The molecule has 0 radical (unpaired) electrons. The van der Waals surface area contributed by atoms with E-state index >= 15 is 0 Å². The molecule has 10 nitrogen and oxygen atoms in total. The molecule has 7 rings (SSSR count). The van der Waals surface area contributed by atoms with Gasteiger partial charge in [-0.2, -0.15) is 13.2 Å². The van der Waals surface area contributed by atoms with Gasteiger partial charge >= 0.3 is 6.18 Å². The number of nitrogens with zero attached hydrogens (tertiary/aromatic N) is 5. The van der Waals surface area contributed by atoms with Gasteiger partial charge in [-0.05, 0) is 67.8 Å². The zero-order valence-electron chi connectivity index (χ0n) is 27.5. The number of pyridine rings is 1. The van der Waals surface area contributed by atoms with E-state index in [1.54, 1.807) is 30.5 Å². The summed E-state index contributed by atoms with van der Waals surface area (Å²) in [7, 11) is 0. The number of alkyl halides is 3. The molecule has 1 atom stereocenters. The summed E-state index contributed by atoms with van der Waals surface area (Å²) in [6.07, 6.45) is 3.23. The standard InChI is InChI=1S/C37H33F4N7O3/c1-36(20-51-21-36)35(50)47-16-2-3-25(19-47)33-46-30(31-32(42)44-18-28(48(31)33)13-6-22-4-11-27(38)12-5-22)23-7-9-24(10-8-23)34(49)45-29-17-26(14-15-43-29)37(39,40)41/h4-15,17-18,25H,2-3,16,19-21H2,1H3,(H2,42,44)(H,43,45,49). The third kappa shape index (κ3) is 6.78. The van der Waals surface area contributed by atoms with E-state index in [1.165, 1.54) is 24.3 Å². The molecule has 1 unspecified atom stereocenters. The maximum Gasteiger partial charge on any atom is 0.416 e. The van der Waals surface area contributed by atoms with Gasteiger partial charge in [0.05, 0.1) is 36.1 Å². The second-order valence-corrected chi connectivity index (χ2v) is 13.1. The number of anilines is 2. The molecule has 262 valence electrons. The number of fused-ring (bicyclic) bond motifs is 1. The van der Waals surface area contributed by atoms with Crippen molar-refractivity contribution in [2.75, 3.05) is 37.4 Å². The van der Waals surface area contributed by atoms with Gasteiger partial charge in [-0.15, -0.1) is 0 Å². The molecule has 2 aromatic carbocycles. The number of ether oxygens (including phenoxy) is 1. The SMILES string of the molecule is CC1(C(=O)N2CCCC(c3nc(-c4ccc(C(=O)Nc5cc(C(F)(F)F)ccn5)cc4)c4c(N)ncc(C=Cc5ccc(F)cc5)n34)C2)COC1. The Hall–Kier alpha value is -5.63. The minimum Gasteiger partial charge on any atom is -0.382 e. The van der Waals surface area contributed by atoms with Crippen molar-refractivity contribution in [3.05, 3.63) is 107 Å². The molecule has 0 saturated carbocycles. The highest BCUT2D eigenvalue weighted by atomic mass is 19.4. The highest BCUT2D eigenvalue weighted by molar-refractivity contribution is 6.04. The average Bonchev–Trinajstić information content (AvgIpc) is 3.52. The molecule has 5 heterocycles. The number of hydrogen-bond acceptors (Lipinski definition) is 7. The lowest BCUT2D eigenvalue weighted by molar-refractivity contribution is -0.170. The number of nitrogens with one attached hydrogen (secondary N) is 1. The van der Waals surface area contributed by atoms with E-state index in [9.17, 15) is 27.2 Å². The number of rotatable bonds is 7. The number of imidazole rings is 1. The second-order valence-electron chi connectivity index (χ2n) is 13.1. The van der Waals surface area contributed by atoms with Crippen LogP contribution in [0.4, 0.5) is 29.2 Å². The van der Waals surface area contributed by atoms with Crippen LogP contribution in [-0.4, -0.2) is 62.4 Å². The van der Waals surface area contributed by atoms with Gasteiger partial charge in [-0.1, -0.05) is 30.3 Å². The number of aromatic nitrogens is 4. The van der Waals surface area contributed by atoms with Crippen molar-refractivity contribution in [2.45, 2.75) is 31.9 Å². The van der Waals surface area contributed by atoms with E-state index in [4.69, 9.17) is 15.5 Å². The van der Waals surface area contributed by atoms with Crippen LogP contribution in [0.1, 0.15) is 58.7 Å². The van der Waals surface area contributed by atoms with E-state index in [-0.39, 0.29) is 34.8 Å². The van der Waals surface area contributed by atoms with E-state index in [0.717, 1.165) is 36.7 Å². The van der Waals surface area contributed by atoms with Crippen molar-refractivity contribution >= 4 is 41.1 Å². The van der Waals surface area contributed by atoms with Crippen molar-refractivity contribution in [3.63, 3.8) is 0 Å². The minimum atomic E-state index is -4.58. The predicted molar refractivity (Wildman–Crippen MR) is 183 cm³/mol. The smallest absolute Gasteiger partial charge is 0.382 e. The number of halogens is 4. The first-order chi connectivity index (χ1) is 24.4. The van der Waals surface area contributed by atoms with Gasteiger partial charge in [0.1, 0.15) is 34.5 Å². The molecule has 3 N–H and O–H groups in total. The van der Waals surface area contributed by atoms with Gasteiger partial charge in [0.15, 0.2) is 0 Å². The lowest BCUT2D eigenvalue weighted by Crippen LogP contribution is -2.55. The maximum atomic E-state index is 13.6. The van der Waals surface area contributed by atoms with Crippen molar-refractivity contribution in [2.24, 2.45) is 5.41 Å². The molecule has 2 aliphatic heterocycles. The summed E-state index contributed by atoms with van der Waals surface area (Å²) in [5.74, 6) is -0.441. The lowest BCUT2D eigenvalue weighted by Gasteiger charge is -2.42. The summed E-state index contributed by atoms with van der Waals surface area (Å²) in [5.41, 5.74) is 8.30. The van der Waals surface area contributed by atoms with Gasteiger partial charge in [0.25, 0.3) is 5.91 Å². The zero-order chi connectivity index (χ0) is 35.9. The number of nitrogen functional groups attached to an aromatic ring is 1. The Balaban J connectivity index is 1.25. The number of benzene rings is 2. The molecule has 0 bridgehead atoms. The fourth-order valence-electron chi connectivity index (χ4n) is 6.47. The summed E-state index contributed by atoms with van der Waals surface area (Å²) in [4.78, 5) is 41.8. The van der Waals surface area contributed by atoms with Crippen LogP contribution in [0.25, 0.3) is 28.9 Å². The second kappa shape index (κ2) is 13.2. The van der Waals surface area contributed by atoms with Crippen molar-refractivity contribution in [1.82, 2.24) is 24.3 Å². The van der Waals surface area contributed by atoms with E-state index in [2.05, 4.69) is 15.3 Å². The molecule has 2 saturated heterocycles. The van der Waals surface area contributed by atoms with Crippen LogP contribution in [0, 0.1) is 11.2 Å². The third-order valence-corrected chi connectivity index (χ3v) is 9.24. The van der Waals surface area contributed by atoms with Crippen molar-refractivity contribution < 1.29 is 31.9 Å². The first kappa shape index (κ1) is 33.8. The molecule has 0 spiro atoms. The van der Waals surface area contributed by atoms with Gasteiger partial charge in [0.2, 0.25) is 5.91 Å². The van der Waals surface area contributed by atoms with Crippen LogP contribution in [0.15, 0.2) is 73.1 Å². The Morgan fingerprint density at radius 3 is 2.47 bits per heavy atom. The molecule has 2 fully saturated rings. The van der Waals surface area contributed by atoms with Gasteiger partial charge < -0.3 is 20.7 Å². The van der Waals surface area contributed by atoms with Crippen molar-refractivity contribution in [3.8, 4) is 11.3 Å². The highest BCUT2D eigenvalue weighted by Gasteiger charge is 2.45. The van der Waals surface area contributed by atoms with Crippen LogP contribution in [0.5, 0.6) is 0 Å². The third-order valence-electron chi connectivity index (χ3n) is 9.24. The Bertz CT molecular complexity index is 2140. The zero-order valence-corrected chi connectivity index (χ0v) is 27.5. The van der Waals surface area contributed by atoms with Crippen LogP contribution in [-0.2, 0) is 15.7 Å². The molecule has 2 amide bonds. The van der Waals surface area contributed by atoms with Crippen molar-refractivity contribution in [1.29, 1.82) is 0 Å². The number of nitrogens with two attached hydrogens (primary N) is 1. The Labute approximate surface area is 290 Å². The summed E-state index contributed by atoms with van der Waals surface area (Å²) in [6.45, 7) is 3.75. The molecule has 5 aromatic rings. The first-order valence-electron chi connectivity index (χ1n) is 16.3.